The summed E-state index contributed by atoms with van der Waals surface area (Å²) in [4.78, 5) is 23.1. The number of benzene rings is 2. The Morgan fingerprint density at radius 1 is 1.00 bits per heavy atom. The van der Waals surface area contributed by atoms with Gasteiger partial charge in [0.25, 0.3) is 15.9 Å². The van der Waals surface area contributed by atoms with E-state index in [4.69, 9.17) is 11.6 Å². The van der Waals surface area contributed by atoms with E-state index in [1.165, 1.54) is 36.7 Å². The minimum Gasteiger partial charge on any atom is -0.349 e. The molecule has 0 aliphatic heterocycles. The summed E-state index contributed by atoms with van der Waals surface area (Å²) in [6, 6.07) is 14.4. The Morgan fingerprint density at radius 3 is 2.41 bits per heavy atom. The maximum Gasteiger partial charge on any atom is 0.272 e. The lowest BCUT2D eigenvalue weighted by Gasteiger charge is -2.08. The second-order valence-corrected chi connectivity index (χ2v) is 8.13. The molecule has 2 aromatic heterocycles. The fourth-order valence-corrected chi connectivity index (χ4v) is 3.88. The summed E-state index contributed by atoms with van der Waals surface area (Å²) >= 11 is 6.12. The first-order chi connectivity index (χ1) is 13.9. The summed E-state index contributed by atoms with van der Waals surface area (Å²) in [7, 11) is -3.84. The van der Waals surface area contributed by atoms with Crippen LogP contribution in [0.4, 0.5) is 11.6 Å². The lowest BCUT2D eigenvalue weighted by Crippen LogP contribution is -2.15. The van der Waals surface area contributed by atoms with Gasteiger partial charge in [0.15, 0.2) is 0 Å². The number of aromatic amines is 1. The van der Waals surface area contributed by atoms with E-state index < -0.39 is 10.0 Å². The van der Waals surface area contributed by atoms with Crippen LogP contribution in [0, 0.1) is 0 Å². The topological polar surface area (TPSA) is 117 Å². The van der Waals surface area contributed by atoms with Crippen LogP contribution in [0.25, 0.3) is 10.9 Å². The normalized spacial score (nSPS) is 11.3. The van der Waals surface area contributed by atoms with E-state index in [0.29, 0.717) is 21.9 Å². The van der Waals surface area contributed by atoms with Crippen LogP contribution in [0.3, 0.4) is 0 Å². The van der Waals surface area contributed by atoms with Gasteiger partial charge >= 0.3 is 0 Å². The minimum absolute atomic E-state index is 0.0142. The number of anilines is 2. The number of halogens is 1. The molecule has 29 heavy (non-hydrogen) atoms. The molecule has 4 rings (SSSR count). The third kappa shape index (κ3) is 4.05. The van der Waals surface area contributed by atoms with Gasteiger partial charge in [0.05, 0.1) is 15.4 Å². The molecule has 0 atom stereocenters. The van der Waals surface area contributed by atoms with Crippen molar-refractivity contribution in [2.24, 2.45) is 0 Å². The Balaban J connectivity index is 1.50. The number of carbonyl (C=O) groups excluding carboxylic acids is 1. The lowest BCUT2D eigenvalue weighted by atomic mass is 10.2. The van der Waals surface area contributed by atoms with Crippen LogP contribution >= 0.6 is 11.6 Å². The maximum absolute atomic E-state index is 12.5. The Labute approximate surface area is 171 Å². The Morgan fingerprint density at radius 2 is 1.72 bits per heavy atom. The fraction of sp³-hybridized carbons (Fsp3) is 0. The predicted octanol–water partition coefficient (Wildman–Crippen LogP) is 3.66. The highest BCUT2D eigenvalue weighted by atomic mass is 35.5. The van der Waals surface area contributed by atoms with Crippen LogP contribution in [0.5, 0.6) is 0 Å². The van der Waals surface area contributed by atoms with Crippen molar-refractivity contribution < 1.29 is 13.2 Å². The first-order valence-electron chi connectivity index (χ1n) is 8.41. The number of rotatable bonds is 5. The molecule has 0 spiro atoms. The van der Waals surface area contributed by atoms with Crippen molar-refractivity contribution in [2.45, 2.75) is 4.90 Å². The van der Waals surface area contributed by atoms with E-state index in [9.17, 15) is 13.2 Å². The number of sulfonamides is 1. The van der Waals surface area contributed by atoms with Crippen molar-refractivity contribution in [3.63, 3.8) is 0 Å². The summed E-state index contributed by atoms with van der Waals surface area (Å²) in [5.74, 6) is -0.397. The summed E-state index contributed by atoms with van der Waals surface area (Å²) in [5.41, 5.74) is 1.46. The molecule has 2 heterocycles. The monoisotopic (exact) mass is 427 g/mol. The van der Waals surface area contributed by atoms with Crippen LogP contribution in [-0.2, 0) is 10.0 Å². The van der Waals surface area contributed by atoms with Gasteiger partial charge in [-0.05, 0) is 42.5 Å². The highest BCUT2D eigenvalue weighted by molar-refractivity contribution is 7.92. The maximum atomic E-state index is 12.5. The third-order valence-electron chi connectivity index (χ3n) is 4.06. The minimum atomic E-state index is -3.84. The predicted molar refractivity (Wildman–Crippen MR) is 111 cm³/mol. The molecule has 3 N–H and O–H groups in total. The molecule has 0 unspecified atom stereocenters. The number of para-hydroxylation sites is 1. The van der Waals surface area contributed by atoms with E-state index >= 15 is 0 Å². The Bertz CT molecular complexity index is 1290. The molecule has 2 aromatic carbocycles. The van der Waals surface area contributed by atoms with Crippen LogP contribution in [-0.4, -0.2) is 29.3 Å². The number of amides is 1. The molecule has 0 saturated carbocycles. The first kappa shape index (κ1) is 18.9. The highest BCUT2D eigenvalue weighted by Gasteiger charge is 2.16. The number of carbonyl (C=O) groups is 1. The van der Waals surface area contributed by atoms with Crippen molar-refractivity contribution in [2.75, 3.05) is 10.0 Å². The molecule has 0 fully saturated rings. The number of aromatic nitrogens is 3. The second kappa shape index (κ2) is 7.53. The molecule has 1 amide bonds. The van der Waals surface area contributed by atoms with Gasteiger partial charge in [-0.15, -0.1) is 0 Å². The van der Waals surface area contributed by atoms with Gasteiger partial charge in [-0.1, -0.05) is 23.7 Å². The summed E-state index contributed by atoms with van der Waals surface area (Å²) < 4.78 is 27.1. The number of nitrogens with zero attached hydrogens (tertiary/aromatic N) is 2. The van der Waals surface area contributed by atoms with E-state index in [-0.39, 0.29) is 16.8 Å². The summed E-state index contributed by atoms with van der Waals surface area (Å²) in [5, 5.41) is 4.05. The van der Waals surface area contributed by atoms with Gasteiger partial charge in [-0.25, -0.2) is 23.1 Å². The third-order valence-corrected chi connectivity index (χ3v) is 5.72. The molecule has 0 aliphatic carbocycles. The van der Waals surface area contributed by atoms with E-state index in [2.05, 4.69) is 25.0 Å². The van der Waals surface area contributed by atoms with Gasteiger partial charge < -0.3 is 10.3 Å². The molecule has 10 heteroatoms. The first-order valence-corrected chi connectivity index (χ1v) is 10.3. The van der Waals surface area contributed by atoms with Gasteiger partial charge in [0.1, 0.15) is 5.69 Å². The number of hydrogen-bond acceptors (Lipinski definition) is 5. The van der Waals surface area contributed by atoms with Crippen LogP contribution in [0.2, 0.25) is 5.02 Å². The molecular formula is C19H14ClN5O3S. The molecule has 146 valence electrons. The van der Waals surface area contributed by atoms with Gasteiger partial charge in [0.2, 0.25) is 5.95 Å². The zero-order valence-corrected chi connectivity index (χ0v) is 16.3. The van der Waals surface area contributed by atoms with E-state index in [1.54, 1.807) is 24.3 Å². The van der Waals surface area contributed by atoms with Crippen molar-refractivity contribution in [1.29, 1.82) is 0 Å². The molecular weight excluding hydrogens is 414 g/mol. The van der Waals surface area contributed by atoms with Crippen LogP contribution in [0.15, 0.2) is 71.9 Å². The number of hydrogen-bond donors (Lipinski definition) is 3. The Hall–Kier alpha value is -3.43. The number of H-pyrrole nitrogens is 1. The highest BCUT2D eigenvalue weighted by Crippen LogP contribution is 2.24. The fourth-order valence-electron chi connectivity index (χ4n) is 2.69. The molecule has 0 saturated heterocycles. The van der Waals surface area contributed by atoms with Crippen LogP contribution in [0.1, 0.15) is 10.5 Å². The Kier molecular flexibility index (Phi) is 4.91. The average molecular weight is 428 g/mol. The average Bonchev–Trinajstić information content (AvgIpc) is 3.15. The van der Waals surface area contributed by atoms with Gasteiger partial charge in [-0.3, -0.25) is 4.79 Å². The zero-order valence-electron chi connectivity index (χ0n) is 14.8. The van der Waals surface area contributed by atoms with Crippen molar-refractivity contribution in [3.8, 4) is 0 Å². The summed E-state index contributed by atoms with van der Waals surface area (Å²) in [6.45, 7) is 0. The van der Waals surface area contributed by atoms with Crippen LogP contribution < -0.4 is 10.0 Å². The number of nitrogens with one attached hydrogen (secondary N) is 3. The lowest BCUT2D eigenvalue weighted by molar-refractivity contribution is 0.102. The molecule has 4 aromatic rings. The SMILES string of the molecule is O=C(Nc1ccc(S(=O)(=O)Nc2ncccn2)cc1)c1cc2cccc(Cl)c2[nH]1. The standard InChI is InChI=1S/C19H14ClN5O3S/c20-15-4-1-3-12-11-16(24-17(12)15)18(26)23-13-5-7-14(8-6-13)29(27,28)25-19-21-9-2-10-22-19/h1-11,24H,(H,23,26)(H,21,22,25). The molecule has 8 nitrogen and oxygen atoms in total. The van der Waals surface area contributed by atoms with Crippen molar-refractivity contribution in [3.05, 3.63) is 77.7 Å². The van der Waals surface area contributed by atoms with Gasteiger partial charge in [0, 0.05) is 23.5 Å². The molecule has 0 radical (unpaired) electrons. The molecule has 0 bridgehead atoms. The van der Waals surface area contributed by atoms with Crippen molar-refractivity contribution >= 4 is 50.1 Å². The summed E-state index contributed by atoms with van der Waals surface area (Å²) in [6.07, 6.45) is 2.86. The quantitative estimate of drug-likeness (QED) is 0.449. The van der Waals surface area contributed by atoms with Crippen molar-refractivity contribution in [1.82, 2.24) is 15.0 Å². The number of fused-ring (bicyclic) bond motifs is 1. The zero-order chi connectivity index (χ0) is 20.4. The largest absolute Gasteiger partial charge is 0.349 e. The van der Waals surface area contributed by atoms with E-state index in [0.717, 1.165) is 5.39 Å². The second-order valence-electron chi connectivity index (χ2n) is 6.04. The smallest absolute Gasteiger partial charge is 0.272 e. The molecule has 0 aliphatic rings. The van der Waals surface area contributed by atoms with E-state index in [1.807, 2.05) is 6.07 Å². The van der Waals surface area contributed by atoms with Gasteiger partial charge in [-0.2, -0.15) is 0 Å².